The quantitative estimate of drug-likeness (QED) is 0.883. The number of rotatable bonds is 5. The average Bonchev–Trinajstić information content (AvgIpc) is 2.47. The molecule has 0 aliphatic heterocycles. The molecule has 0 aromatic heterocycles. The number of aliphatic hydroxyl groups excluding tert-OH is 1. The zero-order valence-corrected chi connectivity index (χ0v) is 11.5. The summed E-state index contributed by atoms with van der Waals surface area (Å²) in [6.07, 6.45) is 1.58. The van der Waals surface area contributed by atoms with Crippen LogP contribution in [0.4, 0.5) is 0 Å². The van der Waals surface area contributed by atoms with Crippen LogP contribution in [0.25, 0.3) is 0 Å². The summed E-state index contributed by atoms with van der Waals surface area (Å²) >= 11 is 0. The third kappa shape index (κ3) is 3.36. The second-order valence-corrected chi connectivity index (χ2v) is 4.67. The van der Waals surface area contributed by atoms with E-state index >= 15 is 0 Å². The summed E-state index contributed by atoms with van der Waals surface area (Å²) in [6.45, 7) is 2.16. The van der Waals surface area contributed by atoms with E-state index < -0.39 is 6.10 Å². The summed E-state index contributed by atoms with van der Waals surface area (Å²) in [5.74, 6) is 0.802. The molecule has 19 heavy (non-hydrogen) atoms. The zero-order chi connectivity index (χ0) is 13.7. The van der Waals surface area contributed by atoms with Crippen LogP contribution in [0.2, 0.25) is 0 Å². The summed E-state index contributed by atoms with van der Waals surface area (Å²) in [7, 11) is 1.64. The normalized spacial score (nSPS) is 12.2. The van der Waals surface area contributed by atoms with Gasteiger partial charge in [-0.2, -0.15) is 0 Å². The molecule has 100 valence electrons. The minimum Gasteiger partial charge on any atom is -0.497 e. The van der Waals surface area contributed by atoms with Crippen LogP contribution in [0.15, 0.2) is 48.5 Å². The number of hydrogen-bond donors (Lipinski definition) is 1. The molecule has 1 unspecified atom stereocenters. The predicted octanol–water partition coefficient (Wildman–Crippen LogP) is 3.73. The van der Waals surface area contributed by atoms with Gasteiger partial charge in [-0.15, -0.1) is 0 Å². The molecule has 0 saturated heterocycles. The van der Waals surface area contributed by atoms with Crippen molar-refractivity contribution in [3.63, 3.8) is 0 Å². The van der Waals surface area contributed by atoms with E-state index in [9.17, 15) is 5.11 Å². The Morgan fingerprint density at radius 1 is 1.05 bits per heavy atom. The van der Waals surface area contributed by atoms with E-state index in [0.29, 0.717) is 0 Å². The van der Waals surface area contributed by atoms with Gasteiger partial charge in [-0.25, -0.2) is 0 Å². The Bertz CT molecular complexity index is 517. The van der Waals surface area contributed by atoms with Gasteiger partial charge in [0.2, 0.25) is 0 Å². The van der Waals surface area contributed by atoms with E-state index in [0.717, 1.165) is 29.7 Å². The van der Waals surface area contributed by atoms with Crippen LogP contribution >= 0.6 is 0 Å². The van der Waals surface area contributed by atoms with Crippen LogP contribution in [0.5, 0.6) is 5.75 Å². The smallest absolute Gasteiger partial charge is 0.118 e. The lowest BCUT2D eigenvalue weighted by molar-refractivity contribution is 0.220. The summed E-state index contributed by atoms with van der Waals surface area (Å²) in [5.41, 5.74) is 3.10. The Morgan fingerprint density at radius 3 is 2.42 bits per heavy atom. The van der Waals surface area contributed by atoms with Crippen molar-refractivity contribution in [2.45, 2.75) is 25.9 Å². The third-order valence-electron chi connectivity index (χ3n) is 3.24. The lowest BCUT2D eigenvalue weighted by atomic mass is 9.98. The molecule has 0 aliphatic carbocycles. The molecule has 2 aromatic rings. The van der Waals surface area contributed by atoms with Gasteiger partial charge in [-0.3, -0.25) is 0 Å². The minimum atomic E-state index is -0.581. The molecule has 0 amide bonds. The summed E-state index contributed by atoms with van der Waals surface area (Å²) < 4.78 is 5.12. The molecule has 2 aromatic carbocycles. The van der Waals surface area contributed by atoms with Crippen molar-refractivity contribution in [1.29, 1.82) is 0 Å². The molecule has 0 spiro atoms. The van der Waals surface area contributed by atoms with Crippen molar-refractivity contribution in [3.05, 3.63) is 65.2 Å². The first-order chi connectivity index (χ1) is 9.24. The Morgan fingerprint density at radius 2 is 1.79 bits per heavy atom. The van der Waals surface area contributed by atoms with Crippen molar-refractivity contribution in [2.75, 3.05) is 7.11 Å². The first-order valence-corrected chi connectivity index (χ1v) is 6.65. The second-order valence-electron chi connectivity index (χ2n) is 4.67. The topological polar surface area (TPSA) is 29.5 Å². The molecule has 0 heterocycles. The molecule has 2 heteroatoms. The van der Waals surface area contributed by atoms with Crippen LogP contribution in [-0.4, -0.2) is 12.2 Å². The number of aryl methyl sites for hydroxylation is 1. The maximum atomic E-state index is 10.4. The van der Waals surface area contributed by atoms with Gasteiger partial charge >= 0.3 is 0 Å². The van der Waals surface area contributed by atoms with E-state index in [4.69, 9.17) is 4.74 Å². The SMILES string of the molecule is CCCc1cccc(C(O)c2ccc(OC)cc2)c1. The number of benzene rings is 2. The lowest BCUT2D eigenvalue weighted by Gasteiger charge is -2.13. The van der Waals surface area contributed by atoms with Crippen LogP contribution < -0.4 is 4.74 Å². The van der Waals surface area contributed by atoms with Gasteiger partial charge in [-0.05, 0) is 35.2 Å². The summed E-state index contributed by atoms with van der Waals surface area (Å²) in [5, 5.41) is 10.4. The fourth-order valence-electron chi connectivity index (χ4n) is 2.19. The van der Waals surface area contributed by atoms with Crippen LogP contribution in [-0.2, 0) is 6.42 Å². The fraction of sp³-hybridized carbons (Fsp3) is 0.294. The standard InChI is InChI=1S/C17H20O2/c1-3-5-13-6-4-7-15(12-13)17(18)14-8-10-16(19-2)11-9-14/h4,6-12,17-18H,3,5H2,1-2H3. The lowest BCUT2D eigenvalue weighted by Crippen LogP contribution is -2.00. The molecule has 1 atom stereocenters. The zero-order valence-electron chi connectivity index (χ0n) is 11.5. The first-order valence-electron chi connectivity index (χ1n) is 6.65. The maximum absolute atomic E-state index is 10.4. The van der Waals surface area contributed by atoms with Crippen molar-refractivity contribution < 1.29 is 9.84 Å². The molecule has 2 rings (SSSR count). The second kappa shape index (κ2) is 6.39. The van der Waals surface area contributed by atoms with E-state index in [-0.39, 0.29) is 0 Å². The van der Waals surface area contributed by atoms with Gasteiger partial charge in [0.15, 0.2) is 0 Å². The highest BCUT2D eigenvalue weighted by Gasteiger charge is 2.10. The van der Waals surface area contributed by atoms with Crippen molar-refractivity contribution in [3.8, 4) is 5.75 Å². The number of aliphatic hydroxyl groups is 1. The average molecular weight is 256 g/mol. The van der Waals surface area contributed by atoms with Gasteiger partial charge in [0.25, 0.3) is 0 Å². The Labute approximate surface area is 114 Å². The van der Waals surface area contributed by atoms with Crippen LogP contribution in [0, 0.1) is 0 Å². The fourth-order valence-corrected chi connectivity index (χ4v) is 2.19. The highest BCUT2D eigenvalue weighted by Crippen LogP contribution is 2.24. The summed E-state index contributed by atoms with van der Waals surface area (Å²) in [4.78, 5) is 0. The molecule has 1 N–H and O–H groups in total. The van der Waals surface area contributed by atoms with Gasteiger partial charge in [0.05, 0.1) is 7.11 Å². The van der Waals surface area contributed by atoms with Gasteiger partial charge < -0.3 is 9.84 Å². The third-order valence-corrected chi connectivity index (χ3v) is 3.24. The maximum Gasteiger partial charge on any atom is 0.118 e. The molecular weight excluding hydrogens is 236 g/mol. The minimum absolute atomic E-state index is 0.581. The highest BCUT2D eigenvalue weighted by atomic mass is 16.5. The first kappa shape index (κ1) is 13.6. The Balaban J connectivity index is 2.22. The molecule has 2 nitrogen and oxygen atoms in total. The largest absolute Gasteiger partial charge is 0.497 e. The van der Waals surface area contributed by atoms with Crippen LogP contribution in [0.1, 0.15) is 36.1 Å². The van der Waals surface area contributed by atoms with E-state index in [2.05, 4.69) is 19.1 Å². The van der Waals surface area contributed by atoms with E-state index in [1.165, 1.54) is 5.56 Å². The van der Waals surface area contributed by atoms with Gasteiger partial charge in [-0.1, -0.05) is 49.7 Å². The van der Waals surface area contributed by atoms with Crippen molar-refractivity contribution >= 4 is 0 Å². The molecule has 0 bridgehead atoms. The van der Waals surface area contributed by atoms with Crippen molar-refractivity contribution in [2.24, 2.45) is 0 Å². The Hall–Kier alpha value is -1.80. The highest BCUT2D eigenvalue weighted by molar-refractivity contribution is 5.35. The van der Waals surface area contributed by atoms with E-state index in [1.54, 1.807) is 7.11 Å². The molecule has 0 aliphatic rings. The monoisotopic (exact) mass is 256 g/mol. The Kier molecular flexibility index (Phi) is 4.58. The molecule has 0 fully saturated rings. The molecule has 0 saturated carbocycles. The van der Waals surface area contributed by atoms with Crippen molar-refractivity contribution in [1.82, 2.24) is 0 Å². The van der Waals surface area contributed by atoms with Gasteiger partial charge in [0, 0.05) is 0 Å². The number of hydrogen-bond acceptors (Lipinski definition) is 2. The number of methoxy groups -OCH3 is 1. The molecule has 0 radical (unpaired) electrons. The predicted molar refractivity (Wildman–Crippen MR) is 77.5 cm³/mol. The van der Waals surface area contributed by atoms with Gasteiger partial charge in [0.1, 0.15) is 11.9 Å². The number of ether oxygens (including phenoxy) is 1. The van der Waals surface area contributed by atoms with Crippen LogP contribution in [0.3, 0.4) is 0 Å². The summed E-state index contributed by atoms with van der Waals surface area (Å²) in [6, 6.07) is 15.7. The molecular formula is C17H20O2. The van der Waals surface area contributed by atoms with E-state index in [1.807, 2.05) is 36.4 Å².